The molecule has 88 valence electrons. The number of carbonyl (C=O) groups is 1. The number of carboxylic acid groups (broad SMARTS) is 1. The molecule has 0 amide bonds. The van der Waals surface area contributed by atoms with Crippen molar-refractivity contribution in [1.29, 1.82) is 0 Å². The lowest BCUT2D eigenvalue weighted by Gasteiger charge is -2.00. The van der Waals surface area contributed by atoms with Gasteiger partial charge < -0.3 is 5.11 Å². The van der Waals surface area contributed by atoms with E-state index in [-0.39, 0.29) is 11.5 Å². The summed E-state index contributed by atoms with van der Waals surface area (Å²) < 4.78 is 13.0. The van der Waals surface area contributed by atoms with Crippen LogP contribution in [0.2, 0.25) is 0 Å². The summed E-state index contributed by atoms with van der Waals surface area (Å²) >= 11 is 0. The highest BCUT2D eigenvalue weighted by Gasteiger charge is 2.06. The number of hydrogen-bond donors (Lipinski definition) is 1. The molecule has 0 aliphatic heterocycles. The van der Waals surface area contributed by atoms with E-state index in [1.165, 1.54) is 18.2 Å². The van der Waals surface area contributed by atoms with E-state index in [0.29, 0.717) is 5.56 Å². The lowest BCUT2D eigenvalue weighted by atomic mass is 10.1. The third-order valence-corrected chi connectivity index (χ3v) is 2.47. The fourth-order valence-corrected chi connectivity index (χ4v) is 1.62. The number of carboxylic acids is 1. The molecule has 3 nitrogen and oxygen atoms in total. The molecular formula is C14H8FNO2. The molecule has 2 aromatic rings. The van der Waals surface area contributed by atoms with Gasteiger partial charge in [0.05, 0.1) is 6.57 Å². The van der Waals surface area contributed by atoms with Crippen LogP contribution in [0.5, 0.6) is 0 Å². The van der Waals surface area contributed by atoms with Crippen LogP contribution in [0.1, 0.15) is 5.56 Å². The number of hydrogen-bond acceptors (Lipinski definition) is 1. The zero-order valence-corrected chi connectivity index (χ0v) is 9.22. The minimum Gasteiger partial charge on any atom is -0.486 e. The summed E-state index contributed by atoms with van der Waals surface area (Å²) in [6, 6.07) is 9.39. The van der Waals surface area contributed by atoms with E-state index >= 15 is 0 Å². The molecule has 4 heteroatoms. The van der Waals surface area contributed by atoms with Crippen LogP contribution in [0.3, 0.4) is 0 Å². The minimum atomic E-state index is -1.26. The summed E-state index contributed by atoms with van der Waals surface area (Å²) in [5.74, 6) is -1.58. The van der Waals surface area contributed by atoms with Crippen LogP contribution in [0.15, 0.2) is 42.1 Å². The van der Waals surface area contributed by atoms with E-state index in [1.807, 2.05) is 0 Å². The maximum absolute atomic E-state index is 13.0. The highest BCUT2D eigenvalue weighted by atomic mass is 19.1. The average molecular weight is 241 g/mol. The van der Waals surface area contributed by atoms with Gasteiger partial charge in [0.25, 0.3) is 5.70 Å². The molecule has 0 heterocycles. The maximum atomic E-state index is 13.0. The Morgan fingerprint density at radius 3 is 2.56 bits per heavy atom. The first kappa shape index (κ1) is 11.8. The third-order valence-electron chi connectivity index (χ3n) is 2.47. The summed E-state index contributed by atoms with van der Waals surface area (Å²) in [6.45, 7) is 6.76. The van der Waals surface area contributed by atoms with Gasteiger partial charge in [-0.05, 0) is 40.6 Å². The van der Waals surface area contributed by atoms with Crippen LogP contribution in [-0.4, -0.2) is 11.1 Å². The van der Waals surface area contributed by atoms with Crippen LogP contribution < -0.4 is 0 Å². The smallest absolute Gasteiger partial charge is 0.333 e. The molecule has 18 heavy (non-hydrogen) atoms. The lowest BCUT2D eigenvalue weighted by Crippen LogP contribution is -1.95. The molecule has 2 rings (SSSR count). The SMILES string of the molecule is [C-]#[N+]/C(=C\c1ccc2cc(F)ccc2c1)C(=O)O. The van der Waals surface area contributed by atoms with Crippen molar-refractivity contribution >= 4 is 22.8 Å². The molecule has 0 fully saturated rings. The second-order valence-electron chi connectivity index (χ2n) is 3.70. The van der Waals surface area contributed by atoms with E-state index in [0.717, 1.165) is 10.8 Å². The summed E-state index contributed by atoms with van der Waals surface area (Å²) in [7, 11) is 0. The summed E-state index contributed by atoms with van der Waals surface area (Å²) in [5, 5.41) is 10.3. The molecule has 0 aliphatic rings. The van der Waals surface area contributed by atoms with E-state index in [1.54, 1.807) is 24.3 Å². The largest absolute Gasteiger partial charge is 0.486 e. The molecule has 0 saturated heterocycles. The van der Waals surface area contributed by atoms with Crippen LogP contribution in [0.25, 0.3) is 21.7 Å². The van der Waals surface area contributed by atoms with Gasteiger partial charge in [-0.25, -0.2) is 9.24 Å². The number of benzene rings is 2. The van der Waals surface area contributed by atoms with Crippen LogP contribution in [-0.2, 0) is 4.79 Å². The molecule has 0 bridgehead atoms. The van der Waals surface area contributed by atoms with Gasteiger partial charge in [0.1, 0.15) is 5.82 Å². The van der Waals surface area contributed by atoms with Crippen molar-refractivity contribution < 1.29 is 14.3 Å². The topological polar surface area (TPSA) is 41.7 Å². The minimum absolute atomic E-state index is 0.321. The van der Waals surface area contributed by atoms with Gasteiger partial charge in [0, 0.05) is 0 Å². The van der Waals surface area contributed by atoms with Crippen molar-refractivity contribution in [1.82, 2.24) is 0 Å². The van der Waals surface area contributed by atoms with Crippen molar-refractivity contribution in [2.24, 2.45) is 0 Å². The fraction of sp³-hybridized carbons (Fsp3) is 0. The zero-order valence-electron chi connectivity index (χ0n) is 9.22. The Balaban J connectivity index is 2.52. The molecule has 0 radical (unpaired) electrons. The van der Waals surface area contributed by atoms with Gasteiger partial charge in [-0.1, -0.05) is 18.2 Å². The van der Waals surface area contributed by atoms with E-state index in [9.17, 15) is 9.18 Å². The van der Waals surface area contributed by atoms with Crippen LogP contribution in [0, 0.1) is 12.4 Å². The van der Waals surface area contributed by atoms with Crippen LogP contribution in [0.4, 0.5) is 4.39 Å². The zero-order chi connectivity index (χ0) is 13.1. The Morgan fingerprint density at radius 2 is 1.89 bits per heavy atom. The summed E-state index contributed by atoms with van der Waals surface area (Å²) in [6.07, 6.45) is 1.29. The van der Waals surface area contributed by atoms with E-state index in [2.05, 4.69) is 4.85 Å². The highest BCUT2D eigenvalue weighted by Crippen LogP contribution is 2.19. The van der Waals surface area contributed by atoms with Crippen molar-refractivity contribution in [2.45, 2.75) is 0 Å². The van der Waals surface area contributed by atoms with Gasteiger partial charge in [0.15, 0.2) is 0 Å². The molecule has 0 unspecified atom stereocenters. The predicted octanol–water partition coefficient (Wildman–Crippen LogP) is 3.32. The first-order valence-corrected chi connectivity index (χ1v) is 5.12. The summed E-state index contributed by atoms with van der Waals surface area (Å²) in [4.78, 5) is 13.6. The average Bonchev–Trinajstić information content (AvgIpc) is 2.35. The van der Waals surface area contributed by atoms with Gasteiger partial charge in [-0.15, -0.1) is 0 Å². The van der Waals surface area contributed by atoms with Crippen molar-refractivity contribution in [3.8, 4) is 0 Å². The second kappa shape index (κ2) is 4.68. The molecular weight excluding hydrogens is 233 g/mol. The number of nitrogens with zero attached hydrogens (tertiary/aromatic N) is 1. The number of fused-ring (bicyclic) bond motifs is 1. The van der Waals surface area contributed by atoms with Crippen molar-refractivity contribution in [3.63, 3.8) is 0 Å². The van der Waals surface area contributed by atoms with Gasteiger partial charge >= 0.3 is 5.97 Å². The van der Waals surface area contributed by atoms with Crippen LogP contribution >= 0.6 is 0 Å². The van der Waals surface area contributed by atoms with Gasteiger partial charge in [-0.3, -0.25) is 4.79 Å². The molecule has 0 aromatic heterocycles. The Kier molecular flexibility index (Phi) is 3.07. The van der Waals surface area contributed by atoms with Gasteiger partial charge in [-0.2, -0.15) is 0 Å². The Morgan fingerprint density at radius 1 is 1.22 bits per heavy atom. The van der Waals surface area contributed by atoms with E-state index in [4.69, 9.17) is 11.7 Å². The highest BCUT2D eigenvalue weighted by molar-refractivity contribution is 5.95. The Labute approximate surface area is 103 Å². The number of rotatable bonds is 2. The van der Waals surface area contributed by atoms with Crippen molar-refractivity contribution in [2.75, 3.05) is 0 Å². The Bertz CT molecular complexity index is 698. The molecule has 0 atom stereocenters. The monoisotopic (exact) mass is 241 g/mol. The molecule has 1 N–H and O–H groups in total. The standard InChI is InChI=1S/C14H8FNO2/c1-16-13(14(17)18)7-9-2-3-11-8-12(15)5-4-10(11)6-9/h2-8H,(H,17,18)/b13-7-. The molecule has 0 saturated carbocycles. The molecule has 0 aliphatic carbocycles. The number of halogens is 1. The van der Waals surface area contributed by atoms with Gasteiger partial charge in [0.2, 0.25) is 0 Å². The maximum Gasteiger partial charge on any atom is 0.333 e. The Hall–Kier alpha value is -2.67. The fourth-order valence-electron chi connectivity index (χ4n) is 1.62. The quantitative estimate of drug-likeness (QED) is 0.647. The molecule has 2 aromatic carbocycles. The van der Waals surface area contributed by atoms with E-state index < -0.39 is 5.97 Å². The second-order valence-corrected chi connectivity index (χ2v) is 3.70. The van der Waals surface area contributed by atoms with Crippen molar-refractivity contribution in [3.05, 3.63) is 64.9 Å². The number of aliphatic carboxylic acids is 1. The molecule has 0 spiro atoms. The third kappa shape index (κ3) is 2.36. The normalized spacial score (nSPS) is 11.2. The first-order valence-electron chi connectivity index (χ1n) is 5.12. The summed E-state index contributed by atoms with van der Waals surface area (Å²) in [5.41, 5.74) is 0.249. The first-order chi connectivity index (χ1) is 8.60. The predicted molar refractivity (Wildman–Crippen MR) is 66.1 cm³/mol. The lowest BCUT2D eigenvalue weighted by molar-refractivity contribution is -0.132.